The quantitative estimate of drug-likeness (QED) is 0.783. The first-order chi connectivity index (χ1) is 9.85. The minimum absolute atomic E-state index is 0.518. The summed E-state index contributed by atoms with van der Waals surface area (Å²) in [5.74, 6) is 0.866. The fraction of sp³-hybridized carbons (Fsp3) is 1.00. The summed E-state index contributed by atoms with van der Waals surface area (Å²) < 4.78 is 6.43. The number of nitrogens with one attached hydrogen (secondary N) is 1. The summed E-state index contributed by atoms with van der Waals surface area (Å²) in [5.41, 5.74) is 0.518. The zero-order valence-corrected chi connectivity index (χ0v) is 13.3. The highest BCUT2D eigenvalue weighted by Crippen LogP contribution is 2.54. The van der Waals surface area contributed by atoms with E-state index in [1.165, 1.54) is 77.2 Å². The largest absolute Gasteiger partial charge is 0.377 e. The highest BCUT2D eigenvalue weighted by molar-refractivity contribution is 5.09. The van der Waals surface area contributed by atoms with Gasteiger partial charge in [-0.3, -0.25) is 0 Å². The van der Waals surface area contributed by atoms with E-state index in [4.69, 9.17) is 4.74 Å². The van der Waals surface area contributed by atoms with E-state index in [-0.39, 0.29) is 0 Å². The van der Waals surface area contributed by atoms with E-state index < -0.39 is 0 Å². The van der Waals surface area contributed by atoms with Crippen molar-refractivity contribution in [2.45, 2.75) is 89.7 Å². The summed E-state index contributed by atoms with van der Waals surface area (Å²) in [6.45, 7) is 4.50. The summed E-state index contributed by atoms with van der Waals surface area (Å²) in [6, 6.07) is 0.751. The maximum absolute atomic E-state index is 6.43. The van der Waals surface area contributed by atoms with Crippen LogP contribution in [0.4, 0.5) is 0 Å². The molecule has 0 heterocycles. The molecule has 0 aromatic heterocycles. The summed E-state index contributed by atoms with van der Waals surface area (Å²) >= 11 is 0. The Morgan fingerprint density at radius 3 is 2.50 bits per heavy atom. The van der Waals surface area contributed by atoms with Crippen molar-refractivity contribution in [1.82, 2.24) is 5.32 Å². The van der Waals surface area contributed by atoms with Crippen LogP contribution < -0.4 is 5.32 Å². The lowest BCUT2D eigenvalue weighted by atomic mass is 9.60. The Balaban J connectivity index is 1.49. The van der Waals surface area contributed by atoms with Gasteiger partial charge >= 0.3 is 0 Å². The van der Waals surface area contributed by atoms with Crippen LogP contribution in [0.1, 0.15) is 77.6 Å². The third-order valence-corrected chi connectivity index (χ3v) is 6.22. The molecule has 3 aliphatic carbocycles. The van der Waals surface area contributed by atoms with Crippen LogP contribution in [0.5, 0.6) is 0 Å². The first kappa shape index (κ1) is 14.8. The molecule has 0 aromatic rings. The Morgan fingerprint density at radius 1 is 1.05 bits per heavy atom. The van der Waals surface area contributed by atoms with E-state index in [9.17, 15) is 0 Å². The molecule has 1 spiro atoms. The van der Waals surface area contributed by atoms with Crippen molar-refractivity contribution in [1.29, 1.82) is 0 Å². The SMILES string of the molecule is CCCNC1CC(OCC2CCCCC2)C12CCCC2. The molecule has 0 aliphatic heterocycles. The molecule has 2 atom stereocenters. The van der Waals surface area contributed by atoms with Crippen LogP contribution >= 0.6 is 0 Å². The molecule has 0 amide bonds. The van der Waals surface area contributed by atoms with E-state index in [0.717, 1.165) is 18.6 Å². The topological polar surface area (TPSA) is 21.3 Å². The maximum Gasteiger partial charge on any atom is 0.0661 e. The molecule has 3 rings (SSSR count). The van der Waals surface area contributed by atoms with E-state index in [1.54, 1.807) is 0 Å². The van der Waals surface area contributed by atoms with Gasteiger partial charge in [0.05, 0.1) is 6.10 Å². The molecule has 116 valence electrons. The monoisotopic (exact) mass is 279 g/mol. The Morgan fingerprint density at radius 2 is 1.80 bits per heavy atom. The van der Waals surface area contributed by atoms with Crippen LogP contribution in [0.25, 0.3) is 0 Å². The van der Waals surface area contributed by atoms with Gasteiger partial charge in [0.1, 0.15) is 0 Å². The molecular weight excluding hydrogens is 246 g/mol. The Hall–Kier alpha value is -0.0800. The van der Waals surface area contributed by atoms with Crippen molar-refractivity contribution < 1.29 is 4.74 Å². The molecule has 2 heteroatoms. The lowest BCUT2D eigenvalue weighted by Crippen LogP contribution is -2.63. The van der Waals surface area contributed by atoms with Gasteiger partial charge in [-0.1, -0.05) is 39.0 Å². The molecule has 3 aliphatic rings. The lowest BCUT2D eigenvalue weighted by Gasteiger charge is -2.54. The number of hydrogen-bond donors (Lipinski definition) is 1. The highest BCUT2D eigenvalue weighted by atomic mass is 16.5. The molecule has 2 unspecified atom stereocenters. The predicted octanol–water partition coefficient (Wildman–Crippen LogP) is 4.28. The van der Waals surface area contributed by atoms with Gasteiger partial charge in [-0.25, -0.2) is 0 Å². The Kier molecular flexibility index (Phi) is 5.04. The Labute approximate surface area is 125 Å². The molecule has 20 heavy (non-hydrogen) atoms. The first-order valence-electron chi connectivity index (χ1n) is 9.20. The smallest absolute Gasteiger partial charge is 0.0661 e. The maximum atomic E-state index is 6.43. The average Bonchev–Trinajstić information content (AvgIpc) is 2.99. The predicted molar refractivity (Wildman–Crippen MR) is 83.9 cm³/mol. The standard InChI is InChI=1S/C18H33NO/c1-2-12-19-16-13-17(18(16)10-6-7-11-18)20-14-15-8-4-3-5-9-15/h15-17,19H,2-14H2,1H3. The molecule has 1 N–H and O–H groups in total. The minimum Gasteiger partial charge on any atom is -0.377 e. The van der Waals surface area contributed by atoms with Gasteiger partial charge in [0, 0.05) is 18.1 Å². The first-order valence-corrected chi connectivity index (χ1v) is 9.20. The normalized spacial score (nSPS) is 33.5. The second-order valence-electron chi connectivity index (χ2n) is 7.51. The van der Waals surface area contributed by atoms with Crippen LogP contribution in [-0.2, 0) is 4.74 Å². The lowest BCUT2D eigenvalue weighted by molar-refractivity contribution is -0.142. The van der Waals surface area contributed by atoms with Crippen molar-refractivity contribution in [3.05, 3.63) is 0 Å². The van der Waals surface area contributed by atoms with Gasteiger partial charge in [-0.15, -0.1) is 0 Å². The molecule has 0 aromatic carbocycles. The minimum atomic E-state index is 0.518. The van der Waals surface area contributed by atoms with Crippen molar-refractivity contribution >= 4 is 0 Å². The zero-order chi connectivity index (χ0) is 13.8. The van der Waals surface area contributed by atoms with Crippen LogP contribution in [0.2, 0.25) is 0 Å². The van der Waals surface area contributed by atoms with Crippen molar-refractivity contribution in [2.24, 2.45) is 11.3 Å². The fourth-order valence-corrected chi connectivity index (χ4v) is 4.90. The van der Waals surface area contributed by atoms with E-state index in [0.29, 0.717) is 11.5 Å². The van der Waals surface area contributed by atoms with Crippen LogP contribution in [0.3, 0.4) is 0 Å². The molecule has 0 radical (unpaired) electrons. The molecular formula is C18H33NO. The number of rotatable bonds is 6. The van der Waals surface area contributed by atoms with E-state index >= 15 is 0 Å². The molecule has 3 fully saturated rings. The van der Waals surface area contributed by atoms with Crippen LogP contribution in [0, 0.1) is 11.3 Å². The van der Waals surface area contributed by atoms with Crippen LogP contribution in [0.15, 0.2) is 0 Å². The van der Waals surface area contributed by atoms with Gasteiger partial charge in [0.25, 0.3) is 0 Å². The van der Waals surface area contributed by atoms with Gasteiger partial charge < -0.3 is 10.1 Å². The van der Waals surface area contributed by atoms with Crippen LogP contribution in [-0.4, -0.2) is 25.3 Å². The van der Waals surface area contributed by atoms with Crippen molar-refractivity contribution in [3.8, 4) is 0 Å². The van der Waals surface area contributed by atoms with Gasteiger partial charge in [-0.2, -0.15) is 0 Å². The number of ether oxygens (including phenoxy) is 1. The molecule has 3 saturated carbocycles. The Bertz CT molecular complexity index is 292. The average molecular weight is 279 g/mol. The van der Waals surface area contributed by atoms with Crippen molar-refractivity contribution in [3.63, 3.8) is 0 Å². The summed E-state index contributed by atoms with van der Waals surface area (Å²) in [6.07, 6.45) is 15.9. The third-order valence-electron chi connectivity index (χ3n) is 6.22. The molecule has 0 saturated heterocycles. The number of hydrogen-bond acceptors (Lipinski definition) is 2. The van der Waals surface area contributed by atoms with Gasteiger partial charge in [0.15, 0.2) is 0 Å². The fourth-order valence-electron chi connectivity index (χ4n) is 4.90. The summed E-state index contributed by atoms with van der Waals surface area (Å²) in [5, 5.41) is 3.79. The second kappa shape index (κ2) is 6.79. The summed E-state index contributed by atoms with van der Waals surface area (Å²) in [7, 11) is 0. The molecule has 0 bridgehead atoms. The van der Waals surface area contributed by atoms with E-state index in [2.05, 4.69) is 12.2 Å². The van der Waals surface area contributed by atoms with Gasteiger partial charge in [-0.05, 0) is 51.0 Å². The summed E-state index contributed by atoms with van der Waals surface area (Å²) in [4.78, 5) is 0. The van der Waals surface area contributed by atoms with Gasteiger partial charge in [0.2, 0.25) is 0 Å². The third kappa shape index (κ3) is 2.92. The highest BCUT2D eigenvalue weighted by Gasteiger charge is 2.56. The zero-order valence-electron chi connectivity index (χ0n) is 13.3. The van der Waals surface area contributed by atoms with Crippen molar-refractivity contribution in [2.75, 3.05) is 13.2 Å². The molecule has 2 nitrogen and oxygen atoms in total. The van der Waals surface area contributed by atoms with E-state index in [1.807, 2.05) is 0 Å². The second-order valence-corrected chi connectivity index (χ2v) is 7.51.